The van der Waals surface area contributed by atoms with E-state index in [0.29, 0.717) is 18.6 Å². The highest BCUT2D eigenvalue weighted by Crippen LogP contribution is 2.30. The van der Waals surface area contributed by atoms with E-state index in [1.54, 1.807) is 12.1 Å². The molecule has 2 saturated heterocycles. The number of hydrogen-bond donors (Lipinski definition) is 1. The molecule has 0 aromatic heterocycles. The van der Waals surface area contributed by atoms with Crippen LogP contribution in [0.15, 0.2) is 24.3 Å². The monoisotopic (exact) mass is 291 g/mol. The first-order valence-electron chi connectivity index (χ1n) is 8.14. The Hall–Kier alpha value is -0.970. The Kier molecular flexibility index (Phi) is 4.57. The second-order valence-corrected chi connectivity index (χ2v) is 6.49. The SMILES string of the molecule is CC1CN2CCCCC2CN1C(CN)c1ccc(F)cc1. The van der Waals surface area contributed by atoms with E-state index in [1.807, 2.05) is 12.1 Å². The van der Waals surface area contributed by atoms with Crippen molar-refractivity contribution in [1.29, 1.82) is 0 Å². The normalized spacial score (nSPS) is 29.1. The number of nitrogens with zero attached hydrogens (tertiary/aromatic N) is 2. The molecule has 3 rings (SSSR count). The zero-order valence-corrected chi connectivity index (χ0v) is 12.8. The van der Waals surface area contributed by atoms with Gasteiger partial charge in [-0.3, -0.25) is 9.80 Å². The Labute approximate surface area is 126 Å². The quantitative estimate of drug-likeness (QED) is 0.928. The number of hydrogen-bond acceptors (Lipinski definition) is 3. The molecule has 1 aromatic carbocycles. The van der Waals surface area contributed by atoms with Gasteiger partial charge in [-0.05, 0) is 44.0 Å². The van der Waals surface area contributed by atoms with Crippen LogP contribution >= 0.6 is 0 Å². The predicted octanol–water partition coefficient (Wildman–Crippen LogP) is 2.38. The highest BCUT2D eigenvalue weighted by Gasteiger charge is 2.36. The van der Waals surface area contributed by atoms with Crippen molar-refractivity contribution in [3.05, 3.63) is 35.6 Å². The molecule has 0 amide bonds. The predicted molar refractivity (Wildman–Crippen MR) is 83.6 cm³/mol. The molecule has 1 aromatic rings. The number of rotatable bonds is 3. The molecule has 3 unspecified atom stereocenters. The van der Waals surface area contributed by atoms with Crippen LogP contribution in [0.2, 0.25) is 0 Å². The molecule has 0 radical (unpaired) electrons. The van der Waals surface area contributed by atoms with Gasteiger partial charge < -0.3 is 5.73 Å². The van der Waals surface area contributed by atoms with E-state index in [1.165, 1.54) is 25.8 Å². The molecule has 0 bridgehead atoms. The lowest BCUT2D eigenvalue weighted by Gasteiger charge is -2.50. The summed E-state index contributed by atoms with van der Waals surface area (Å²) in [5, 5.41) is 0. The average Bonchev–Trinajstić information content (AvgIpc) is 2.50. The molecule has 4 heteroatoms. The average molecular weight is 291 g/mol. The Morgan fingerprint density at radius 3 is 2.71 bits per heavy atom. The number of benzene rings is 1. The van der Waals surface area contributed by atoms with E-state index in [0.717, 1.165) is 18.7 Å². The molecule has 0 saturated carbocycles. The molecule has 2 aliphatic rings. The van der Waals surface area contributed by atoms with E-state index in [4.69, 9.17) is 5.73 Å². The first kappa shape index (κ1) is 14.9. The van der Waals surface area contributed by atoms with Gasteiger partial charge >= 0.3 is 0 Å². The molecule has 2 aliphatic heterocycles. The third-order valence-corrected chi connectivity index (χ3v) is 5.11. The van der Waals surface area contributed by atoms with Gasteiger partial charge in [0.25, 0.3) is 0 Å². The number of nitrogens with two attached hydrogens (primary N) is 1. The largest absolute Gasteiger partial charge is 0.329 e. The van der Waals surface area contributed by atoms with Gasteiger partial charge in [-0.2, -0.15) is 0 Å². The van der Waals surface area contributed by atoms with Gasteiger partial charge in [0.05, 0.1) is 0 Å². The van der Waals surface area contributed by atoms with Gasteiger partial charge in [-0.25, -0.2) is 4.39 Å². The Morgan fingerprint density at radius 2 is 2.00 bits per heavy atom. The molecule has 0 aliphatic carbocycles. The molecule has 2 fully saturated rings. The molecule has 116 valence electrons. The summed E-state index contributed by atoms with van der Waals surface area (Å²) in [5.41, 5.74) is 7.19. The number of halogens is 1. The first-order valence-corrected chi connectivity index (χ1v) is 8.14. The van der Waals surface area contributed by atoms with Crippen LogP contribution in [0.25, 0.3) is 0 Å². The maximum absolute atomic E-state index is 13.1. The Balaban J connectivity index is 1.78. The van der Waals surface area contributed by atoms with Crippen LogP contribution in [0.3, 0.4) is 0 Å². The summed E-state index contributed by atoms with van der Waals surface area (Å²) in [6, 6.07) is 8.21. The van der Waals surface area contributed by atoms with E-state index >= 15 is 0 Å². The third-order valence-electron chi connectivity index (χ3n) is 5.11. The summed E-state index contributed by atoms with van der Waals surface area (Å²) in [5.74, 6) is -0.181. The van der Waals surface area contributed by atoms with Crippen molar-refractivity contribution in [2.45, 2.75) is 44.3 Å². The van der Waals surface area contributed by atoms with Crippen molar-refractivity contribution in [2.24, 2.45) is 5.73 Å². The zero-order chi connectivity index (χ0) is 14.8. The van der Waals surface area contributed by atoms with Crippen LogP contribution in [0.4, 0.5) is 4.39 Å². The van der Waals surface area contributed by atoms with Gasteiger partial charge in [0, 0.05) is 37.8 Å². The Morgan fingerprint density at radius 1 is 1.24 bits per heavy atom. The van der Waals surface area contributed by atoms with Gasteiger partial charge in [0.1, 0.15) is 5.82 Å². The van der Waals surface area contributed by atoms with Crippen molar-refractivity contribution >= 4 is 0 Å². The highest BCUT2D eigenvalue weighted by atomic mass is 19.1. The Bertz CT molecular complexity index is 462. The van der Waals surface area contributed by atoms with Gasteiger partial charge in [0.2, 0.25) is 0 Å². The fraction of sp³-hybridized carbons (Fsp3) is 0.647. The minimum Gasteiger partial charge on any atom is -0.329 e. The lowest BCUT2D eigenvalue weighted by atomic mass is 9.94. The maximum atomic E-state index is 13.1. The van der Waals surface area contributed by atoms with Crippen LogP contribution in [-0.2, 0) is 0 Å². The standard InChI is InChI=1S/C17H26FN3/c1-13-11-20-9-3-2-4-16(20)12-21(13)17(10-19)14-5-7-15(18)8-6-14/h5-8,13,16-17H,2-4,9-12,19H2,1H3. The lowest BCUT2D eigenvalue weighted by Crippen LogP contribution is -2.60. The number of piperidine rings is 1. The van der Waals surface area contributed by atoms with Crippen molar-refractivity contribution in [1.82, 2.24) is 9.80 Å². The summed E-state index contributed by atoms with van der Waals surface area (Å²) >= 11 is 0. The molecular weight excluding hydrogens is 265 g/mol. The molecule has 3 atom stereocenters. The van der Waals surface area contributed by atoms with E-state index in [-0.39, 0.29) is 11.9 Å². The van der Waals surface area contributed by atoms with E-state index in [9.17, 15) is 4.39 Å². The summed E-state index contributed by atoms with van der Waals surface area (Å²) in [6.07, 6.45) is 3.97. The second kappa shape index (κ2) is 6.42. The number of piperazine rings is 1. The smallest absolute Gasteiger partial charge is 0.123 e. The first-order chi connectivity index (χ1) is 10.2. The van der Waals surface area contributed by atoms with Crippen LogP contribution in [0.1, 0.15) is 37.8 Å². The zero-order valence-electron chi connectivity index (χ0n) is 12.8. The van der Waals surface area contributed by atoms with Crippen molar-refractivity contribution in [2.75, 3.05) is 26.2 Å². The van der Waals surface area contributed by atoms with Crippen LogP contribution < -0.4 is 5.73 Å². The lowest BCUT2D eigenvalue weighted by molar-refractivity contribution is -0.00667. The molecular formula is C17H26FN3. The summed E-state index contributed by atoms with van der Waals surface area (Å²) in [7, 11) is 0. The molecule has 21 heavy (non-hydrogen) atoms. The number of fused-ring (bicyclic) bond motifs is 1. The fourth-order valence-electron chi connectivity index (χ4n) is 3.96. The summed E-state index contributed by atoms with van der Waals surface area (Å²) in [4.78, 5) is 5.17. The van der Waals surface area contributed by atoms with Crippen molar-refractivity contribution < 1.29 is 4.39 Å². The van der Waals surface area contributed by atoms with E-state index < -0.39 is 0 Å². The molecule has 2 N–H and O–H groups in total. The minimum atomic E-state index is -0.181. The van der Waals surface area contributed by atoms with Gasteiger partial charge in [-0.1, -0.05) is 18.6 Å². The molecule has 0 spiro atoms. The van der Waals surface area contributed by atoms with Crippen molar-refractivity contribution in [3.8, 4) is 0 Å². The second-order valence-electron chi connectivity index (χ2n) is 6.49. The van der Waals surface area contributed by atoms with E-state index in [2.05, 4.69) is 16.7 Å². The fourth-order valence-corrected chi connectivity index (χ4v) is 3.96. The topological polar surface area (TPSA) is 32.5 Å². The maximum Gasteiger partial charge on any atom is 0.123 e. The van der Waals surface area contributed by atoms with Gasteiger partial charge in [-0.15, -0.1) is 0 Å². The van der Waals surface area contributed by atoms with Crippen LogP contribution in [0, 0.1) is 5.82 Å². The highest BCUT2D eigenvalue weighted by molar-refractivity contribution is 5.21. The summed E-state index contributed by atoms with van der Waals surface area (Å²) < 4.78 is 13.1. The van der Waals surface area contributed by atoms with Gasteiger partial charge in [0.15, 0.2) is 0 Å². The molecule has 3 nitrogen and oxygen atoms in total. The van der Waals surface area contributed by atoms with Crippen LogP contribution in [0.5, 0.6) is 0 Å². The third kappa shape index (κ3) is 3.12. The summed E-state index contributed by atoms with van der Waals surface area (Å²) in [6.45, 7) is 6.33. The molecule has 2 heterocycles. The van der Waals surface area contributed by atoms with Crippen LogP contribution in [-0.4, -0.2) is 48.1 Å². The van der Waals surface area contributed by atoms with Crippen molar-refractivity contribution in [3.63, 3.8) is 0 Å². The minimum absolute atomic E-state index is 0.181.